The lowest BCUT2D eigenvalue weighted by atomic mass is 10.1. The fraction of sp³-hybridized carbons (Fsp3) is 0.133. The summed E-state index contributed by atoms with van der Waals surface area (Å²) in [6.45, 7) is 0.490. The van der Waals surface area contributed by atoms with Gasteiger partial charge in [0.15, 0.2) is 18.9 Å². The number of alkyl halides is 3. The van der Waals surface area contributed by atoms with Crippen LogP contribution >= 0.6 is 11.7 Å². The van der Waals surface area contributed by atoms with Crippen LogP contribution in [-0.2, 0) is 12.7 Å². The van der Waals surface area contributed by atoms with Crippen molar-refractivity contribution in [3.63, 3.8) is 0 Å². The van der Waals surface area contributed by atoms with Gasteiger partial charge in [0.2, 0.25) is 0 Å². The second kappa shape index (κ2) is 7.18. The summed E-state index contributed by atoms with van der Waals surface area (Å²) in [5, 5.41) is 0. The Morgan fingerprint density at radius 1 is 1.09 bits per heavy atom. The van der Waals surface area contributed by atoms with E-state index in [4.69, 9.17) is 0 Å². The van der Waals surface area contributed by atoms with Crippen LogP contribution in [0.25, 0.3) is 11.3 Å². The van der Waals surface area contributed by atoms with Crippen molar-refractivity contribution in [2.75, 3.05) is 0 Å². The maximum absolute atomic E-state index is 12.5. The van der Waals surface area contributed by atoms with Crippen molar-refractivity contribution in [1.29, 1.82) is 0 Å². The minimum absolute atomic E-state index is 0. The van der Waals surface area contributed by atoms with Crippen LogP contribution in [-0.4, -0.2) is 8.75 Å². The van der Waals surface area contributed by atoms with E-state index in [1.54, 1.807) is 6.20 Å². The SMILES string of the molecule is FC(F)(F)c1ccc(C[n+]2cccc(-c3cnsn3)c2)cc1.[Br-]. The van der Waals surface area contributed by atoms with E-state index < -0.39 is 11.7 Å². The molecule has 3 rings (SSSR count). The van der Waals surface area contributed by atoms with E-state index >= 15 is 0 Å². The molecule has 0 saturated heterocycles. The van der Waals surface area contributed by atoms with E-state index in [2.05, 4.69) is 8.75 Å². The Hall–Kier alpha value is -1.80. The molecule has 0 aliphatic carbocycles. The molecule has 0 spiro atoms. The molecule has 0 amide bonds. The number of halogens is 4. The van der Waals surface area contributed by atoms with Gasteiger partial charge in [-0.1, -0.05) is 12.1 Å². The molecule has 0 N–H and O–H groups in total. The van der Waals surface area contributed by atoms with Crippen LogP contribution in [0.2, 0.25) is 0 Å². The molecular formula is C15H11BrF3N3S. The predicted molar refractivity (Wildman–Crippen MR) is 76.1 cm³/mol. The van der Waals surface area contributed by atoms with Gasteiger partial charge in [0.1, 0.15) is 5.69 Å². The van der Waals surface area contributed by atoms with Crippen LogP contribution < -0.4 is 21.5 Å². The molecule has 2 heterocycles. The van der Waals surface area contributed by atoms with Gasteiger partial charge in [-0.2, -0.15) is 21.9 Å². The zero-order valence-corrected chi connectivity index (χ0v) is 14.1. The van der Waals surface area contributed by atoms with Crippen molar-refractivity contribution in [1.82, 2.24) is 8.75 Å². The average Bonchev–Trinajstić information content (AvgIpc) is 3.01. The van der Waals surface area contributed by atoms with Gasteiger partial charge in [-0.15, -0.1) is 0 Å². The molecule has 0 aliphatic rings. The van der Waals surface area contributed by atoms with Gasteiger partial charge in [0.05, 0.1) is 29.1 Å². The molecule has 3 aromatic rings. The summed E-state index contributed by atoms with van der Waals surface area (Å²) in [6.07, 6.45) is 1.14. The quantitative estimate of drug-likeness (QED) is 0.600. The second-order valence-electron chi connectivity index (χ2n) is 4.75. The summed E-state index contributed by atoms with van der Waals surface area (Å²) in [4.78, 5) is 0. The third-order valence-electron chi connectivity index (χ3n) is 3.16. The molecule has 0 saturated carbocycles. The molecule has 0 radical (unpaired) electrons. The Kier molecular flexibility index (Phi) is 5.48. The molecule has 0 atom stereocenters. The minimum atomic E-state index is -4.30. The van der Waals surface area contributed by atoms with Gasteiger partial charge in [-0.25, -0.2) is 4.57 Å². The maximum Gasteiger partial charge on any atom is 0.416 e. The van der Waals surface area contributed by atoms with Crippen LogP contribution in [0.4, 0.5) is 13.2 Å². The number of hydrogen-bond donors (Lipinski definition) is 0. The summed E-state index contributed by atoms with van der Waals surface area (Å²) >= 11 is 1.13. The van der Waals surface area contributed by atoms with Crippen molar-refractivity contribution in [2.45, 2.75) is 12.7 Å². The first-order chi connectivity index (χ1) is 10.5. The molecular weight excluding hydrogens is 391 g/mol. The summed E-state index contributed by atoms with van der Waals surface area (Å²) in [6, 6.07) is 8.98. The highest BCUT2D eigenvalue weighted by Crippen LogP contribution is 2.29. The Morgan fingerprint density at radius 3 is 2.43 bits per heavy atom. The van der Waals surface area contributed by atoms with E-state index in [0.29, 0.717) is 6.54 Å². The molecule has 0 unspecified atom stereocenters. The van der Waals surface area contributed by atoms with Crippen molar-refractivity contribution < 1.29 is 34.7 Å². The topological polar surface area (TPSA) is 29.7 Å². The van der Waals surface area contributed by atoms with Gasteiger partial charge in [0, 0.05) is 11.6 Å². The normalized spacial score (nSPS) is 11.1. The Morgan fingerprint density at radius 2 is 1.83 bits per heavy atom. The summed E-state index contributed by atoms with van der Waals surface area (Å²) in [7, 11) is 0. The van der Waals surface area contributed by atoms with Gasteiger partial charge in [0.25, 0.3) is 0 Å². The molecule has 0 aliphatic heterocycles. The van der Waals surface area contributed by atoms with Gasteiger partial charge in [-0.05, 0) is 18.2 Å². The van der Waals surface area contributed by atoms with Gasteiger partial charge < -0.3 is 17.0 Å². The minimum Gasteiger partial charge on any atom is -1.00 e. The smallest absolute Gasteiger partial charge is 0.416 e. The first-order valence-electron chi connectivity index (χ1n) is 6.45. The molecule has 1 aromatic carbocycles. The van der Waals surface area contributed by atoms with E-state index in [0.717, 1.165) is 40.7 Å². The van der Waals surface area contributed by atoms with E-state index in [-0.39, 0.29) is 17.0 Å². The summed E-state index contributed by atoms with van der Waals surface area (Å²) in [5.41, 5.74) is 1.87. The molecule has 23 heavy (non-hydrogen) atoms. The Bertz CT molecular complexity index is 758. The standard InChI is InChI=1S/C15H11F3N3S.BrH/c16-15(17,18)13-5-3-11(4-6-13)9-21-7-1-2-12(10-21)14-8-19-22-20-14;/h1-8,10H,9H2;1H/q+1;/p-1. The third-order valence-corrected chi connectivity index (χ3v) is 3.64. The predicted octanol–water partition coefficient (Wildman–Crippen LogP) is 0.564. The molecule has 0 fully saturated rings. The number of pyridine rings is 1. The highest BCUT2D eigenvalue weighted by Gasteiger charge is 2.30. The first-order valence-corrected chi connectivity index (χ1v) is 7.18. The van der Waals surface area contributed by atoms with Crippen LogP contribution in [0, 0.1) is 0 Å². The van der Waals surface area contributed by atoms with Gasteiger partial charge >= 0.3 is 6.18 Å². The number of benzene rings is 1. The maximum atomic E-state index is 12.5. The average molecular weight is 402 g/mol. The van der Waals surface area contributed by atoms with Crippen LogP contribution in [0.1, 0.15) is 11.1 Å². The van der Waals surface area contributed by atoms with Gasteiger partial charge in [-0.3, -0.25) is 0 Å². The van der Waals surface area contributed by atoms with Crippen LogP contribution in [0.5, 0.6) is 0 Å². The van der Waals surface area contributed by atoms with Crippen LogP contribution in [0.15, 0.2) is 55.0 Å². The highest BCUT2D eigenvalue weighted by atomic mass is 79.9. The zero-order valence-electron chi connectivity index (χ0n) is 11.7. The second-order valence-corrected chi connectivity index (χ2v) is 5.31. The lowest BCUT2D eigenvalue weighted by Gasteiger charge is -2.06. The largest absolute Gasteiger partial charge is 1.00 e. The van der Waals surface area contributed by atoms with Crippen molar-refractivity contribution in [3.8, 4) is 11.3 Å². The Labute approximate surface area is 145 Å². The summed E-state index contributed by atoms with van der Waals surface area (Å²) in [5.74, 6) is 0. The number of aromatic nitrogens is 3. The van der Waals surface area contributed by atoms with E-state index in [1.807, 2.05) is 29.1 Å². The van der Waals surface area contributed by atoms with Crippen LogP contribution in [0.3, 0.4) is 0 Å². The number of rotatable bonds is 3. The molecule has 3 nitrogen and oxygen atoms in total. The lowest BCUT2D eigenvalue weighted by Crippen LogP contribution is -3.00. The van der Waals surface area contributed by atoms with Crippen molar-refractivity contribution >= 4 is 11.7 Å². The monoisotopic (exact) mass is 401 g/mol. The van der Waals surface area contributed by atoms with E-state index in [9.17, 15) is 13.2 Å². The molecule has 8 heteroatoms. The fourth-order valence-electron chi connectivity index (χ4n) is 2.07. The zero-order chi connectivity index (χ0) is 15.6. The highest BCUT2D eigenvalue weighted by molar-refractivity contribution is 6.99. The fourth-order valence-corrected chi connectivity index (χ4v) is 2.51. The van der Waals surface area contributed by atoms with Crippen molar-refractivity contribution in [2.24, 2.45) is 0 Å². The number of nitrogens with zero attached hydrogens (tertiary/aromatic N) is 3. The third kappa shape index (κ3) is 4.35. The molecule has 120 valence electrons. The van der Waals surface area contributed by atoms with E-state index in [1.165, 1.54) is 12.1 Å². The molecule has 0 bridgehead atoms. The molecule has 2 aromatic heterocycles. The van der Waals surface area contributed by atoms with Crippen molar-refractivity contribution in [3.05, 3.63) is 66.1 Å². The first kappa shape index (κ1) is 17.6. The summed E-state index contributed by atoms with van der Waals surface area (Å²) < 4.78 is 47.6. The lowest BCUT2D eigenvalue weighted by molar-refractivity contribution is -0.687. The number of hydrogen-bond acceptors (Lipinski definition) is 3. The Balaban J connectivity index is 0.00000192.